The van der Waals surface area contributed by atoms with Crippen LogP contribution in [0.3, 0.4) is 0 Å². The highest BCUT2D eigenvalue weighted by Gasteiger charge is 2.06. The molecular formula is C18H24N3O3S+. The van der Waals surface area contributed by atoms with Crippen LogP contribution in [0.5, 0.6) is 0 Å². The number of nitrogens with zero attached hydrogens (tertiary/aromatic N) is 3. The zero-order valence-corrected chi connectivity index (χ0v) is 15.4. The molecule has 0 fully saturated rings. The van der Waals surface area contributed by atoms with Crippen LogP contribution in [0, 0.1) is 6.92 Å². The lowest BCUT2D eigenvalue weighted by molar-refractivity contribution is -0.697. The van der Waals surface area contributed by atoms with Gasteiger partial charge >= 0.3 is 0 Å². The van der Waals surface area contributed by atoms with E-state index in [4.69, 9.17) is 4.55 Å². The molecule has 0 bridgehead atoms. The van der Waals surface area contributed by atoms with Crippen LogP contribution < -0.4 is 9.58 Å². The summed E-state index contributed by atoms with van der Waals surface area (Å²) in [6.45, 7) is 2.73. The average Bonchev–Trinajstić information content (AvgIpc) is 2.57. The number of aryl methyl sites for hydroxylation is 2. The quantitative estimate of drug-likeness (QED) is 0.257. The summed E-state index contributed by atoms with van der Waals surface area (Å²) in [6.07, 6.45) is 6.78. The number of unbranched alkanes of at least 4 members (excludes halogenated alkanes) is 1. The molecule has 2 aromatic rings. The maximum absolute atomic E-state index is 10.7. The van der Waals surface area contributed by atoms with Crippen LogP contribution in [0.15, 0.2) is 53.9 Å². The Morgan fingerprint density at radius 1 is 1.20 bits per heavy atom. The van der Waals surface area contributed by atoms with Crippen LogP contribution in [0.1, 0.15) is 24.0 Å². The van der Waals surface area contributed by atoms with E-state index in [1.165, 1.54) is 5.56 Å². The van der Waals surface area contributed by atoms with Gasteiger partial charge in [-0.15, -0.1) is 0 Å². The summed E-state index contributed by atoms with van der Waals surface area (Å²) in [7, 11) is -1.97. The van der Waals surface area contributed by atoms with Gasteiger partial charge < -0.3 is 0 Å². The van der Waals surface area contributed by atoms with Crippen LogP contribution in [0.4, 0.5) is 5.69 Å². The van der Waals surface area contributed by atoms with Crippen LogP contribution in [0.25, 0.3) is 0 Å². The SMILES string of the molecule is Cc1ccc(N(C)/N=C/c2ccc[n+](CCCCS(=O)(=O)O)c2)cc1. The van der Waals surface area contributed by atoms with Crippen molar-refractivity contribution in [1.29, 1.82) is 0 Å². The second kappa shape index (κ2) is 8.73. The summed E-state index contributed by atoms with van der Waals surface area (Å²) >= 11 is 0. The Kier molecular flexibility index (Phi) is 6.66. The van der Waals surface area contributed by atoms with E-state index in [9.17, 15) is 8.42 Å². The highest BCUT2D eigenvalue weighted by molar-refractivity contribution is 7.85. The fraction of sp³-hybridized carbons (Fsp3) is 0.333. The van der Waals surface area contributed by atoms with E-state index in [0.29, 0.717) is 19.4 Å². The zero-order chi connectivity index (χ0) is 18.3. The van der Waals surface area contributed by atoms with Crippen LogP contribution in [-0.2, 0) is 16.7 Å². The van der Waals surface area contributed by atoms with Gasteiger partial charge in [0.15, 0.2) is 12.4 Å². The molecule has 0 saturated carbocycles. The first kappa shape index (κ1) is 19.1. The fourth-order valence-corrected chi connectivity index (χ4v) is 2.89. The highest BCUT2D eigenvalue weighted by atomic mass is 32.2. The van der Waals surface area contributed by atoms with Gasteiger partial charge in [-0.2, -0.15) is 13.5 Å². The van der Waals surface area contributed by atoms with E-state index in [0.717, 1.165) is 11.3 Å². The van der Waals surface area contributed by atoms with E-state index in [1.54, 1.807) is 6.21 Å². The van der Waals surface area contributed by atoms with Gasteiger partial charge in [0.05, 0.1) is 23.2 Å². The summed E-state index contributed by atoms with van der Waals surface area (Å²) in [4.78, 5) is 0. The van der Waals surface area contributed by atoms with Crippen molar-refractivity contribution in [2.45, 2.75) is 26.3 Å². The number of hydrogen-bond acceptors (Lipinski definition) is 4. The topological polar surface area (TPSA) is 73.8 Å². The number of aromatic nitrogens is 1. The molecule has 0 aliphatic carbocycles. The monoisotopic (exact) mass is 362 g/mol. The van der Waals surface area contributed by atoms with Gasteiger partial charge in [0.25, 0.3) is 10.1 Å². The van der Waals surface area contributed by atoms with Crippen molar-refractivity contribution in [2.24, 2.45) is 5.10 Å². The fourth-order valence-electron chi connectivity index (χ4n) is 2.32. The van der Waals surface area contributed by atoms with Crippen LogP contribution in [0.2, 0.25) is 0 Å². The van der Waals surface area contributed by atoms with E-state index < -0.39 is 10.1 Å². The Labute approximate surface area is 149 Å². The minimum atomic E-state index is -3.87. The van der Waals surface area contributed by atoms with Gasteiger partial charge in [-0.1, -0.05) is 17.7 Å². The largest absolute Gasteiger partial charge is 0.286 e. The third-order valence-corrected chi connectivity index (χ3v) is 4.54. The van der Waals surface area contributed by atoms with Crippen molar-refractivity contribution < 1.29 is 17.5 Å². The maximum Gasteiger partial charge on any atom is 0.264 e. The van der Waals surface area contributed by atoms with Crippen molar-refractivity contribution in [3.05, 3.63) is 59.9 Å². The van der Waals surface area contributed by atoms with Gasteiger partial charge in [-0.25, -0.2) is 4.57 Å². The number of pyridine rings is 1. The molecule has 25 heavy (non-hydrogen) atoms. The minimum Gasteiger partial charge on any atom is -0.286 e. The first-order chi connectivity index (χ1) is 11.8. The predicted octanol–water partition coefficient (Wildman–Crippen LogP) is 2.42. The molecule has 0 aliphatic rings. The van der Waals surface area contributed by atoms with Gasteiger partial charge in [0, 0.05) is 19.5 Å². The number of hydrazone groups is 1. The molecule has 2 rings (SSSR count). The minimum absolute atomic E-state index is 0.198. The second-order valence-electron chi connectivity index (χ2n) is 5.97. The van der Waals surface area contributed by atoms with E-state index in [1.807, 2.05) is 72.3 Å². The van der Waals surface area contributed by atoms with Crippen molar-refractivity contribution in [3.8, 4) is 0 Å². The molecule has 0 atom stereocenters. The third-order valence-electron chi connectivity index (χ3n) is 3.74. The molecule has 0 aliphatic heterocycles. The lowest BCUT2D eigenvalue weighted by Crippen LogP contribution is -2.33. The Morgan fingerprint density at radius 2 is 1.92 bits per heavy atom. The lowest BCUT2D eigenvalue weighted by Gasteiger charge is -2.12. The number of benzene rings is 1. The zero-order valence-electron chi connectivity index (χ0n) is 14.5. The standard InChI is InChI=1S/C18H23N3O3S/c1-16-7-9-18(10-8-16)20(2)19-14-17-6-5-12-21(15-17)11-3-4-13-25(22,23)24/h5-10,12,14-15H,3-4,11,13H2,1-2H3/p+1/b19-14+. The first-order valence-corrected chi connectivity index (χ1v) is 9.73. The van der Waals surface area contributed by atoms with Crippen molar-refractivity contribution in [1.82, 2.24) is 0 Å². The molecule has 0 unspecified atom stereocenters. The summed E-state index contributed by atoms with van der Waals surface area (Å²) in [6, 6.07) is 12.0. The second-order valence-corrected chi connectivity index (χ2v) is 7.54. The number of rotatable bonds is 8. The molecule has 0 radical (unpaired) electrons. The van der Waals surface area contributed by atoms with E-state index in [-0.39, 0.29) is 5.75 Å². The summed E-state index contributed by atoms with van der Waals surface area (Å²) < 4.78 is 32.1. The molecule has 0 spiro atoms. The summed E-state index contributed by atoms with van der Waals surface area (Å²) in [5.74, 6) is -0.198. The normalized spacial score (nSPS) is 11.8. The molecule has 1 N–H and O–H groups in total. The van der Waals surface area contributed by atoms with Crippen molar-refractivity contribution in [3.63, 3.8) is 0 Å². The molecule has 0 saturated heterocycles. The molecule has 134 valence electrons. The number of hydrogen-bond donors (Lipinski definition) is 1. The van der Waals surface area contributed by atoms with E-state index in [2.05, 4.69) is 5.10 Å². The van der Waals surface area contributed by atoms with Gasteiger partial charge in [-0.05, 0) is 31.5 Å². The Hall–Kier alpha value is -2.25. The molecule has 1 heterocycles. The lowest BCUT2D eigenvalue weighted by atomic mass is 10.2. The smallest absolute Gasteiger partial charge is 0.264 e. The first-order valence-electron chi connectivity index (χ1n) is 8.12. The van der Waals surface area contributed by atoms with Crippen molar-refractivity contribution in [2.75, 3.05) is 17.8 Å². The van der Waals surface area contributed by atoms with Gasteiger partial charge in [0.1, 0.15) is 6.54 Å². The van der Waals surface area contributed by atoms with Gasteiger partial charge in [-0.3, -0.25) is 9.56 Å². The Morgan fingerprint density at radius 3 is 2.60 bits per heavy atom. The van der Waals surface area contributed by atoms with Gasteiger partial charge in [0.2, 0.25) is 0 Å². The van der Waals surface area contributed by atoms with Crippen molar-refractivity contribution >= 4 is 22.0 Å². The molecule has 7 heteroatoms. The molecule has 0 amide bonds. The summed E-state index contributed by atoms with van der Waals surface area (Å²) in [5.41, 5.74) is 3.17. The Bertz CT molecular complexity index is 818. The maximum atomic E-state index is 10.7. The van der Waals surface area contributed by atoms with Crippen LogP contribution >= 0.6 is 0 Å². The molecule has 1 aromatic heterocycles. The average molecular weight is 362 g/mol. The Balaban J connectivity index is 1.92. The van der Waals surface area contributed by atoms with Crippen LogP contribution in [-0.4, -0.2) is 32.0 Å². The highest BCUT2D eigenvalue weighted by Crippen LogP contribution is 2.13. The predicted molar refractivity (Wildman–Crippen MR) is 99.5 cm³/mol. The molecular weight excluding hydrogens is 338 g/mol. The van der Waals surface area contributed by atoms with E-state index >= 15 is 0 Å². The third kappa shape index (κ3) is 7.03. The number of anilines is 1. The summed E-state index contributed by atoms with van der Waals surface area (Å²) in [5, 5.41) is 6.26. The molecule has 6 nitrogen and oxygen atoms in total. The molecule has 1 aromatic carbocycles.